The molecule has 0 spiro atoms. The topological polar surface area (TPSA) is 54.9 Å². The largest absolute Gasteiger partial charge is 0.416 e. The molecule has 0 saturated heterocycles. The van der Waals surface area contributed by atoms with Gasteiger partial charge < -0.3 is 5.32 Å². The maximum Gasteiger partial charge on any atom is 0.416 e. The molecule has 0 aliphatic rings. The van der Waals surface area contributed by atoms with Crippen molar-refractivity contribution in [2.75, 3.05) is 5.32 Å². The molecule has 3 aromatic rings. The van der Waals surface area contributed by atoms with Crippen molar-refractivity contribution in [1.29, 1.82) is 0 Å². The standard InChI is InChI=1S/C21H18F3N3OS/c1-13-10-14(2)26-20(25-13)29-12-15-6-8-16(9-7-15)19(28)27-18-5-3-4-17(11-18)21(22,23)24/h3-11H,12H2,1-2H3,(H,27,28). The van der Waals surface area contributed by atoms with Crippen molar-refractivity contribution in [3.05, 3.63) is 82.7 Å². The molecule has 29 heavy (non-hydrogen) atoms. The van der Waals surface area contributed by atoms with E-state index in [-0.39, 0.29) is 5.69 Å². The molecule has 1 N–H and O–H groups in total. The Morgan fingerprint density at radius 1 is 1.00 bits per heavy atom. The molecule has 1 heterocycles. The minimum Gasteiger partial charge on any atom is -0.322 e. The van der Waals surface area contributed by atoms with Crippen molar-refractivity contribution in [1.82, 2.24) is 9.97 Å². The van der Waals surface area contributed by atoms with Crippen molar-refractivity contribution in [3.63, 3.8) is 0 Å². The second-order valence-corrected chi connectivity index (χ2v) is 7.39. The monoisotopic (exact) mass is 417 g/mol. The molecule has 0 atom stereocenters. The van der Waals surface area contributed by atoms with Crippen LogP contribution >= 0.6 is 11.8 Å². The van der Waals surface area contributed by atoms with Gasteiger partial charge in [0.25, 0.3) is 5.91 Å². The van der Waals surface area contributed by atoms with E-state index in [1.165, 1.54) is 23.9 Å². The number of anilines is 1. The van der Waals surface area contributed by atoms with Gasteiger partial charge in [-0.2, -0.15) is 13.2 Å². The summed E-state index contributed by atoms with van der Waals surface area (Å²) in [6.45, 7) is 3.83. The van der Waals surface area contributed by atoms with E-state index in [4.69, 9.17) is 0 Å². The molecule has 0 aliphatic carbocycles. The maximum absolute atomic E-state index is 12.8. The molecule has 1 amide bonds. The Morgan fingerprint density at radius 2 is 1.66 bits per heavy atom. The van der Waals surface area contributed by atoms with E-state index >= 15 is 0 Å². The summed E-state index contributed by atoms with van der Waals surface area (Å²) in [5, 5.41) is 3.19. The Kier molecular flexibility index (Phi) is 6.22. The predicted octanol–water partition coefficient (Wildman–Crippen LogP) is 5.66. The summed E-state index contributed by atoms with van der Waals surface area (Å²) in [6.07, 6.45) is -4.46. The van der Waals surface area contributed by atoms with Gasteiger partial charge in [0.05, 0.1) is 5.56 Å². The third-order valence-electron chi connectivity index (χ3n) is 3.99. The predicted molar refractivity (Wildman–Crippen MR) is 107 cm³/mol. The number of aryl methyl sites for hydroxylation is 2. The number of benzene rings is 2. The summed E-state index contributed by atoms with van der Waals surface area (Å²) < 4.78 is 38.4. The minimum atomic E-state index is -4.46. The van der Waals surface area contributed by atoms with Crippen LogP contribution in [-0.4, -0.2) is 15.9 Å². The molecule has 0 saturated carbocycles. The van der Waals surface area contributed by atoms with Crippen LogP contribution in [0.4, 0.5) is 18.9 Å². The van der Waals surface area contributed by atoms with E-state index in [2.05, 4.69) is 15.3 Å². The molecule has 2 aromatic carbocycles. The van der Waals surface area contributed by atoms with Crippen LogP contribution in [0.5, 0.6) is 0 Å². The first-order valence-corrected chi connectivity index (χ1v) is 9.72. The lowest BCUT2D eigenvalue weighted by atomic mass is 10.1. The molecular formula is C21H18F3N3OS. The number of carbonyl (C=O) groups excluding carboxylic acids is 1. The van der Waals surface area contributed by atoms with Crippen molar-refractivity contribution >= 4 is 23.4 Å². The van der Waals surface area contributed by atoms with Crippen LogP contribution in [-0.2, 0) is 11.9 Å². The zero-order valence-electron chi connectivity index (χ0n) is 15.7. The van der Waals surface area contributed by atoms with Gasteiger partial charge in [0.15, 0.2) is 5.16 Å². The number of hydrogen-bond donors (Lipinski definition) is 1. The van der Waals surface area contributed by atoms with Crippen molar-refractivity contribution in [3.8, 4) is 0 Å². The quantitative estimate of drug-likeness (QED) is 0.430. The first-order chi connectivity index (χ1) is 13.7. The second-order valence-electron chi connectivity index (χ2n) is 6.45. The highest BCUT2D eigenvalue weighted by molar-refractivity contribution is 7.98. The summed E-state index contributed by atoms with van der Waals surface area (Å²) in [4.78, 5) is 21.1. The van der Waals surface area contributed by atoms with E-state index in [0.717, 1.165) is 29.1 Å². The first-order valence-electron chi connectivity index (χ1n) is 8.73. The highest BCUT2D eigenvalue weighted by Crippen LogP contribution is 2.30. The minimum absolute atomic E-state index is 0.0939. The molecule has 1 aromatic heterocycles. The van der Waals surface area contributed by atoms with Crippen LogP contribution in [0.25, 0.3) is 0 Å². The molecule has 0 fully saturated rings. The lowest BCUT2D eigenvalue weighted by Crippen LogP contribution is -2.13. The summed E-state index contributed by atoms with van der Waals surface area (Å²) in [5.74, 6) is 0.166. The third kappa shape index (κ3) is 5.80. The number of carbonyl (C=O) groups is 1. The number of nitrogens with one attached hydrogen (secondary N) is 1. The third-order valence-corrected chi connectivity index (χ3v) is 4.91. The Bertz CT molecular complexity index is 1000. The van der Waals surface area contributed by atoms with Crippen LogP contribution < -0.4 is 5.32 Å². The summed E-state index contributed by atoms with van der Waals surface area (Å²) in [5.41, 5.74) is 2.43. The Hall–Kier alpha value is -2.87. The van der Waals surface area contributed by atoms with E-state index in [1.54, 1.807) is 24.3 Å². The smallest absolute Gasteiger partial charge is 0.322 e. The van der Waals surface area contributed by atoms with Crippen molar-refractivity contribution in [2.24, 2.45) is 0 Å². The number of nitrogens with zero attached hydrogens (tertiary/aromatic N) is 2. The molecule has 0 radical (unpaired) electrons. The SMILES string of the molecule is Cc1cc(C)nc(SCc2ccc(C(=O)Nc3cccc(C(F)(F)F)c3)cc2)n1. The van der Waals surface area contributed by atoms with Gasteiger partial charge in [-0.05, 0) is 55.8 Å². The number of amides is 1. The number of aromatic nitrogens is 2. The number of hydrogen-bond acceptors (Lipinski definition) is 4. The summed E-state index contributed by atoms with van der Waals surface area (Å²) >= 11 is 1.49. The zero-order valence-corrected chi connectivity index (χ0v) is 16.6. The van der Waals surface area contributed by atoms with Gasteiger partial charge in [0.1, 0.15) is 0 Å². The van der Waals surface area contributed by atoms with Gasteiger partial charge >= 0.3 is 6.18 Å². The highest BCUT2D eigenvalue weighted by Gasteiger charge is 2.30. The molecular weight excluding hydrogens is 399 g/mol. The summed E-state index contributed by atoms with van der Waals surface area (Å²) in [7, 11) is 0. The Balaban J connectivity index is 1.63. The molecule has 4 nitrogen and oxygen atoms in total. The lowest BCUT2D eigenvalue weighted by Gasteiger charge is -2.10. The van der Waals surface area contributed by atoms with E-state index in [9.17, 15) is 18.0 Å². The number of rotatable bonds is 5. The normalized spacial score (nSPS) is 11.3. The lowest BCUT2D eigenvalue weighted by molar-refractivity contribution is -0.137. The average molecular weight is 417 g/mol. The average Bonchev–Trinajstić information content (AvgIpc) is 2.65. The van der Waals surface area contributed by atoms with Gasteiger partial charge in [0.2, 0.25) is 0 Å². The number of alkyl halides is 3. The molecule has 0 unspecified atom stereocenters. The van der Waals surface area contributed by atoms with E-state index < -0.39 is 17.6 Å². The first kappa shape index (κ1) is 20.9. The van der Waals surface area contributed by atoms with Gasteiger partial charge in [-0.3, -0.25) is 4.79 Å². The van der Waals surface area contributed by atoms with Crippen LogP contribution in [0.15, 0.2) is 59.8 Å². The Morgan fingerprint density at radius 3 is 2.28 bits per heavy atom. The van der Waals surface area contributed by atoms with E-state index in [1.807, 2.05) is 19.9 Å². The molecule has 8 heteroatoms. The van der Waals surface area contributed by atoms with Crippen LogP contribution in [0.3, 0.4) is 0 Å². The fourth-order valence-electron chi connectivity index (χ4n) is 2.63. The zero-order chi connectivity index (χ0) is 21.0. The van der Waals surface area contributed by atoms with Crippen LogP contribution in [0.2, 0.25) is 0 Å². The molecule has 0 bridgehead atoms. The molecule has 3 rings (SSSR count). The van der Waals surface area contributed by atoms with Gasteiger partial charge in [-0.15, -0.1) is 0 Å². The van der Waals surface area contributed by atoms with Crippen molar-refractivity contribution < 1.29 is 18.0 Å². The van der Waals surface area contributed by atoms with Crippen LogP contribution in [0, 0.1) is 13.8 Å². The van der Waals surface area contributed by atoms with Crippen molar-refractivity contribution in [2.45, 2.75) is 30.9 Å². The second kappa shape index (κ2) is 8.65. The fourth-order valence-corrected chi connectivity index (χ4v) is 3.54. The maximum atomic E-state index is 12.8. The number of thioether (sulfide) groups is 1. The molecule has 0 aliphatic heterocycles. The Labute approximate surface area is 170 Å². The number of halogens is 3. The highest BCUT2D eigenvalue weighted by atomic mass is 32.2. The fraction of sp³-hybridized carbons (Fsp3) is 0.190. The van der Waals surface area contributed by atoms with Crippen LogP contribution in [0.1, 0.15) is 32.9 Å². The van der Waals surface area contributed by atoms with Gasteiger partial charge in [0, 0.05) is 28.4 Å². The van der Waals surface area contributed by atoms with E-state index in [0.29, 0.717) is 16.5 Å². The van der Waals surface area contributed by atoms with Gasteiger partial charge in [-0.25, -0.2) is 9.97 Å². The van der Waals surface area contributed by atoms with Gasteiger partial charge in [-0.1, -0.05) is 30.0 Å². The summed E-state index contributed by atoms with van der Waals surface area (Å²) in [6, 6.07) is 13.3. The molecule has 150 valence electrons.